The molecule has 0 saturated carbocycles. The predicted molar refractivity (Wildman–Crippen MR) is 111 cm³/mol. The molecule has 0 aliphatic carbocycles. The summed E-state index contributed by atoms with van der Waals surface area (Å²) in [5, 5.41) is 6.45. The van der Waals surface area contributed by atoms with Gasteiger partial charge in [-0.2, -0.15) is 8.78 Å². The molecule has 1 aliphatic rings. The fourth-order valence-corrected chi connectivity index (χ4v) is 2.78. The van der Waals surface area contributed by atoms with Gasteiger partial charge in [-0.15, -0.1) is 24.0 Å². The second-order valence-corrected chi connectivity index (χ2v) is 6.27. The van der Waals surface area contributed by atoms with Crippen molar-refractivity contribution in [3.63, 3.8) is 0 Å². The smallest absolute Gasteiger partial charge is 0.387 e. The molecule has 1 aromatic rings. The standard InChI is InChI=1S/C18H27F2N3O3.HI/c1-4-24-15-10-13(6-7-14(15)26-16(19)20)11-22-17(21-3)23-12-18(2)8-5-9-25-18;/h6-7,10,16H,4-5,8-9,11-12H2,1-3H3,(H2,21,22,23);1H. The number of nitrogens with zero attached hydrogens (tertiary/aromatic N) is 1. The lowest BCUT2D eigenvalue weighted by atomic mass is 10.0. The van der Waals surface area contributed by atoms with Gasteiger partial charge in [-0.3, -0.25) is 4.99 Å². The van der Waals surface area contributed by atoms with Crippen molar-refractivity contribution in [2.75, 3.05) is 26.8 Å². The van der Waals surface area contributed by atoms with Gasteiger partial charge in [0.15, 0.2) is 17.5 Å². The lowest BCUT2D eigenvalue weighted by Crippen LogP contribution is -2.45. The van der Waals surface area contributed by atoms with E-state index in [1.165, 1.54) is 6.07 Å². The molecule has 1 saturated heterocycles. The fourth-order valence-electron chi connectivity index (χ4n) is 2.78. The number of nitrogens with one attached hydrogen (secondary N) is 2. The molecule has 0 aromatic heterocycles. The zero-order valence-electron chi connectivity index (χ0n) is 15.9. The molecule has 0 radical (unpaired) electrons. The Morgan fingerprint density at radius 3 is 2.70 bits per heavy atom. The SMILES string of the molecule is CCOc1cc(CNC(=NC)NCC2(C)CCCO2)ccc1OC(F)F.I. The van der Waals surface area contributed by atoms with Crippen molar-refractivity contribution < 1.29 is 23.0 Å². The first-order chi connectivity index (χ1) is 12.5. The Morgan fingerprint density at radius 1 is 1.33 bits per heavy atom. The number of alkyl halides is 2. The van der Waals surface area contributed by atoms with Crippen LogP contribution in [0.25, 0.3) is 0 Å². The number of aliphatic imine (C=N–C) groups is 1. The average molecular weight is 499 g/mol. The zero-order chi connectivity index (χ0) is 19.0. The van der Waals surface area contributed by atoms with Gasteiger partial charge in [0, 0.05) is 26.7 Å². The normalized spacial score (nSPS) is 19.6. The molecular weight excluding hydrogens is 471 g/mol. The van der Waals surface area contributed by atoms with Gasteiger partial charge < -0.3 is 24.8 Å². The molecule has 1 atom stereocenters. The Morgan fingerprint density at radius 2 is 2.11 bits per heavy atom. The first-order valence-electron chi connectivity index (χ1n) is 8.75. The first kappa shape index (κ1) is 23.7. The highest BCUT2D eigenvalue weighted by molar-refractivity contribution is 14.0. The summed E-state index contributed by atoms with van der Waals surface area (Å²) in [6.45, 7) is 3.26. The largest absolute Gasteiger partial charge is 0.490 e. The topological polar surface area (TPSA) is 64.1 Å². The molecule has 0 bridgehead atoms. The number of halogens is 3. The van der Waals surface area contributed by atoms with Crippen molar-refractivity contribution in [2.24, 2.45) is 4.99 Å². The van der Waals surface area contributed by atoms with E-state index in [1.807, 2.05) is 0 Å². The summed E-state index contributed by atoms with van der Waals surface area (Å²) in [4.78, 5) is 4.19. The third-order valence-corrected chi connectivity index (χ3v) is 4.14. The molecule has 27 heavy (non-hydrogen) atoms. The number of guanidine groups is 1. The van der Waals surface area contributed by atoms with Crippen molar-refractivity contribution in [1.29, 1.82) is 0 Å². The van der Waals surface area contributed by atoms with Crippen molar-refractivity contribution in [3.05, 3.63) is 23.8 Å². The number of hydrogen-bond donors (Lipinski definition) is 2. The quantitative estimate of drug-likeness (QED) is 0.326. The maximum absolute atomic E-state index is 12.5. The monoisotopic (exact) mass is 499 g/mol. The Kier molecular flexibility index (Phi) is 10.1. The van der Waals surface area contributed by atoms with Crippen molar-refractivity contribution in [1.82, 2.24) is 10.6 Å². The van der Waals surface area contributed by atoms with Gasteiger partial charge in [-0.25, -0.2) is 0 Å². The summed E-state index contributed by atoms with van der Waals surface area (Å²) in [6.07, 6.45) is 2.08. The van der Waals surface area contributed by atoms with Crippen LogP contribution in [0.5, 0.6) is 11.5 Å². The molecule has 0 spiro atoms. The van der Waals surface area contributed by atoms with Crippen LogP contribution >= 0.6 is 24.0 Å². The molecule has 0 amide bonds. The Bertz CT molecular complexity index is 612. The van der Waals surface area contributed by atoms with Crippen LogP contribution in [0.15, 0.2) is 23.2 Å². The highest BCUT2D eigenvalue weighted by atomic mass is 127. The van der Waals surface area contributed by atoms with Gasteiger partial charge >= 0.3 is 6.61 Å². The third kappa shape index (κ3) is 7.65. The second-order valence-electron chi connectivity index (χ2n) is 6.27. The van der Waals surface area contributed by atoms with Gasteiger partial charge in [0.05, 0.1) is 12.2 Å². The molecule has 1 heterocycles. The van der Waals surface area contributed by atoms with Crippen LogP contribution in [0.4, 0.5) is 8.78 Å². The minimum atomic E-state index is -2.89. The summed E-state index contributed by atoms with van der Waals surface area (Å²) >= 11 is 0. The number of ether oxygens (including phenoxy) is 3. The molecule has 1 aliphatic heterocycles. The third-order valence-electron chi connectivity index (χ3n) is 4.14. The van der Waals surface area contributed by atoms with Gasteiger partial charge in [0.2, 0.25) is 0 Å². The van der Waals surface area contributed by atoms with E-state index >= 15 is 0 Å². The maximum Gasteiger partial charge on any atom is 0.387 e. The minimum Gasteiger partial charge on any atom is -0.490 e. The van der Waals surface area contributed by atoms with Crippen LogP contribution < -0.4 is 20.1 Å². The van der Waals surface area contributed by atoms with Crippen LogP contribution in [-0.2, 0) is 11.3 Å². The van der Waals surface area contributed by atoms with E-state index in [-0.39, 0.29) is 35.3 Å². The summed E-state index contributed by atoms with van der Waals surface area (Å²) in [5.41, 5.74) is 0.690. The highest BCUT2D eigenvalue weighted by Crippen LogP contribution is 2.30. The molecule has 9 heteroatoms. The van der Waals surface area contributed by atoms with E-state index < -0.39 is 6.61 Å². The lowest BCUT2D eigenvalue weighted by Gasteiger charge is -2.24. The Balaban J connectivity index is 0.00000364. The Labute approximate surface area is 176 Å². The fraction of sp³-hybridized carbons (Fsp3) is 0.611. The molecular formula is C18H28F2IN3O3. The summed E-state index contributed by atoms with van der Waals surface area (Å²) < 4.78 is 40.5. The molecule has 2 N–H and O–H groups in total. The van der Waals surface area contributed by atoms with E-state index in [9.17, 15) is 8.78 Å². The minimum absolute atomic E-state index is 0. The molecule has 1 aromatic carbocycles. The van der Waals surface area contributed by atoms with E-state index in [0.717, 1.165) is 25.0 Å². The average Bonchev–Trinajstić information content (AvgIpc) is 3.04. The first-order valence-corrected chi connectivity index (χ1v) is 8.75. The van der Waals surface area contributed by atoms with E-state index in [1.54, 1.807) is 26.1 Å². The Hall–Kier alpha value is -1.36. The van der Waals surface area contributed by atoms with E-state index in [0.29, 0.717) is 31.4 Å². The summed E-state index contributed by atoms with van der Waals surface area (Å²) in [7, 11) is 1.69. The molecule has 154 valence electrons. The second kappa shape index (κ2) is 11.5. The van der Waals surface area contributed by atoms with Crippen molar-refractivity contribution in [3.8, 4) is 11.5 Å². The van der Waals surface area contributed by atoms with Gasteiger partial charge in [0.1, 0.15) is 0 Å². The van der Waals surface area contributed by atoms with Crippen molar-refractivity contribution >= 4 is 29.9 Å². The van der Waals surface area contributed by atoms with Crippen molar-refractivity contribution in [2.45, 2.75) is 45.4 Å². The number of hydrogen-bond acceptors (Lipinski definition) is 4. The molecule has 2 rings (SSSR count). The lowest BCUT2D eigenvalue weighted by molar-refractivity contribution is -0.0514. The summed E-state index contributed by atoms with van der Waals surface area (Å²) in [5.74, 6) is 0.967. The van der Waals surface area contributed by atoms with E-state index in [4.69, 9.17) is 9.47 Å². The van der Waals surface area contributed by atoms with Crippen LogP contribution in [0.3, 0.4) is 0 Å². The van der Waals surface area contributed by atoms with Crippen LogP contribution in [0, 0.1) is 0 Å². The molecule has 1 unspecified atom stereocenters. The molecule has 6 nitrogen and oxygen atoms in total. The summed E-state index contributed by atoms with van der Waals surface area (Å²) in [6, 6.07) is 4.88. The maximum atomic E-state index is 12.5. The van der Waals surface area contributed by atoms with Gasteiger partial charge in [-0.05, 0) is 44.4 Å². The van der Waals surface area contributed by atoms with Crippen LogP contribution in [-0.4, -0.2) is 45.0 Å². The predicted octanol–water partition coefficient (Wildman–Crippen LogP) is 3.54. The number of benzene rings is 1. The van der Waals surface area contributed by atoms with Gasteiger partial charge in [0.25, 0.3) is 0 Å². The number of rotatable bonds is 8. The van der Waals surface area contributed by atoms with Crippen LogP contribution in [0.2, 0.25) is 0 Å². The van der Waals surface area contributed by atoms with E-state index in [2.05, 4.69) is 27.3 Å². The van der Waals surface area contributed by atoms with Crippen LogP contribution in [0.1, 0.15) is 32.3 Å². The molecule has 1 fully saturated rings. The highest BCUT2D eigenvalue weighted by Gasteiger charge is 2.29. The van der Waals surface area contributed by atoms with Gasteiger partial charge in [-0.1, -0.05) is 6.07 Å². The zero-order valence-corrected chi connectivity index (χ0v) is 18.2.